The molecule has 0 radical (unpaired) electrons. The van der Waals surface area contributed by atoms with Gasteiger partial charge in [0.25, 0.3) is 0 Å². The molecule has 1 aromatic rings. The molecule has 0 saturated heterocycles. The van der Waals surface area contributed by atoms with E-state index in [-0.39, 0.29) is 5.92 Å². The Morgan fingerprint density at radius 1 is 1.47 bits per heavy atom. The number of aldehydes is 1. The van der Waals surface area contributed by atoms with E-state index >= 15 is 0 Å². The van der Waals surface area contributed by atoms with E-state index in [2.05, 4.69) is 13.0 Å². The molecule has 1 unspecified atom stereocenters. The third-order valence-electron chi connectivity index (χ3n) is 3.51. The maximum Gasteiger partial charge on any atom is 0.127 e. The summed E-state index contributed by atoms with van der Waals surface area (Å²) >= 11 is 0. The van der Waals surface area contributed by atoms with Gasteiger partial charge in [-0.3, -0.25) is 0 Å². The van der Waals surface area contributed by atoms with Crippen molar-refractivity contribution in [1.82, 2.24) is 0 Å². The van der Waals surface area contributed by atoms with Crippen LogP contribution in [0.5, 0.6) is 0 Å². The van der Waals surface area contributed by atoms with Gasteiger partial charge in [-0.2, -0.15) is 0 Å². The molecule has 15 heavy (non-hydrogen) atoms. The summed E-state index contributed by atoms with van der Waals surface area (Å²) in [6.45, 7) is 4.08. The van der Waals surface area contributed by atoms with Gasteiger partial charge in [0.1, 0.15) is 6.29 Å². The topological polar surface area (TPSA) is 43.1 Å². The number of hydrogen-bond acceptors (Lipinski definition) is 2. The van der Waals surface area contributed by atoms with Gasteiger partial charge < -0.3 is 10.5 Å². The lowest BCUT2D eigenvalue weighted by molar-refractivity contribution is -0.109. The summed E-state index contributed by atoms with van der Waals surface area (Å²) in [7, 11) is 0. The van der Waals surface area contributed by atoms with Gasteiger partial charge in [0, 0.05) is 11.6 Å². The summed E-state index contributed by atoms with van der Waals surface area (Å²) in [5, 5.41) is 0. The molecule has 0 heterocycles. The highest BCUT2D eigenvalue weighted by Gasteiger charge is 2.22. The minimum absolute atomic E-state index is 0.0896. The molecule has 0 saturated carbocycles. The van der Waals surface area contributed by atoms with E-state index in [1.807, 2.05) is 6.92 Å². The Morgan fingerprint density at radius 2 is 2.20 bits per heavy atom. The molecule has 0 aliphatic heterocycles. The average molecular weight is 203 g/mol. The second-order valence-electron chi connectivity index (χ2n) is 4.43. The lowest BCUT2D eigenvalue weighted by Gasteiger charge is -2.25. The van der Waals surface area contributed by atoms with Crippen LogP contribution in [-0.4, -0.2) is 6.29 Å². The summed E-state index contributed by atoms with van der Waals surface area (Å²) in [5.74, 6) is 0.0896. The van der Waals surface area contributed by atoms with Crippen LogP contribution in [0.3, 0.4) is 0 Å². The van der Waals surface area contributed by atoms with Crippen molar-refractivity contribution >= 4 is 12.0 Å². The summed E-state index contributed by atoms with van der Waals surface area (Å²) < 4.78 is 0. The molecule has 1 aliphatic carbocycles. The third kappa shape index (κ3) is 1.54. The fourth-order valence-electron chi connectivity index (χ4n) is 2.53. The van der Waals surface area contributed by atoms with Crippen LogP contribution in [0.1, 0.15) is 41.0 Å². The van der Waals surface area contributed by atoms with Crippen LogP contribution in [0, 0.1) is 13.8 Å². The second kappa shape index (κ2) is 3.69. The Balaban J connectivity index is 2.63. The van der Waals surface area contributed by atoms with E-state index in [1.165, 1.54) is 16.7 Å². The Bertz CT molecular complexity index is 409. The van der Waals surface area contributed by atoms with E-state index in [0.717, 1.165) is 36.8 Å². The maximum atomic E-state index is 11.0. The fraction of sp³-hybridized carbons (Fsp3) is 0.462. The molecule has 1 atom stereocenters. The zero-order chi connectivity index (χ0) is 11.0. The largest absolute Gasteiger partial charge is 0.398 e. The Kier molecular flexibility index (Phi) is 2.51. The third-order valence-corrected chi connectivity index (χ3v) is 3.51. The van der Waals surface area contributed by atoms with Gasteiger partial charge in [-0.15, -0.1) is 0 Å². The first-order chi connectivity index (χ1) is 7.15. The lowest BCUT2D eigenvalue weighted by Crippen LogP contribution is -2.14. The molecule has 1 aromatic carbocycles. The number of anilines is 1. The molecule has 2 heteroatoms. The van der Waals surface area contributed by atoms with Gasteiger partial charge in [0.15, 0.2) is 0 Å². The van der Waals surface area contributed by atoms with E-state index in [4.69, 9.17) is 5.73 Å². The van der Waals surface area contributed by atoms with Crippen LogP contribution in [0.2, 0.25) is 0 Å². The zero-order valence-electron chi connectivity index (χ0n) is 9.34. The molecule has 0 bridgehead atoms. The lowest BCUT2D eigenvalue weighted by atomic mass is 9.80. The number of carbonyl (C=O) groups is 1. The van der Waals surface area contributed by atoms with Gasteiger partial charge in [0.2, 0.25) is 0 Å². The summed E-state index contributed by atoms with van der Waals surface area (Å²) in [5.41, 5.74) is 11.7. The highest BCUT2D eigenvalue weighted by molar-refractivity contribution is 5.68. The van der Waals surface area contributed by atoms with E-state index in [9.17, 15) is 4.79 Å². The quantitative estimate of drug-likeness (QED) is 0.563. The number of fused-ring (bicyclic) bond motifs is 1. The normalized spacial score (nSPS) is 19.7. The van der Waals surface area contributed by atoms with Crippen molar-refractivity contribution in [2.75, 3.05) is 5.73 Å². The Morgan fingerprint density at radius 3 is 2.87 bits per heavy atom. The van der Waals surface area contributed by atoms with Crippen molar-refractivity contribution in [3.05, 3.63) is 28.3 Å². The highest BCUT2D eigenvalue weighted by Crippen LogP contribution is 2.35. The summed E-state index contributed by atoms with van der Waals surface area (Å²) in [4.78, 5) is 11.0. The predicted molar refractivity (Wildman–Crippen MR) is 62.1 cm³/mol. The molecule has 2 rings (SSSR count). The van der Waals surface area contributed by atoms with Crippen LogP contribution in [0.25, 0.3) is 0 Å². The van der Waals surface area contributed by atoms with Crippen LogP contribution < -0.4 is 5.73 Å². The Hall–Kier alpha value is -1.31. The van der Waals surface area contributed by atoms with E-state index < -0.39 is 0 Å². The number of rotatable bonds is 1. The number of carbonyl (C=O) groups excluding carboxylic acids is 1. The van der Waals surface area contributed by atoms with Crippen molar-refractivity contribution in [1.29, 1.82) is 0 Å². The summed E-state index contributed by atoms with van der Waals surface area (Å²) in [6, 6.07) is 2.09. The SMILES string of the molecule is Cc1cc2c(c(C)c1N)CCCC2C=O. The van der Waals surface area contributed by atoms with Crippen molar-refractivity contribution in [2.45, 2.75) is 39.0 Å². The zero-order valence-corrected chi connectivity index (χ0v) is 9.34. The first-order valence-corrected chi connectivity index (χ1v) is 5.49. The minimum Gasteiger partial charge on any atom is -0.398 e. The van der Waals surface area contributed by atoms with Gasteiger partial charge in [0.05, 0.1) is 0 Å². The van der Waals surface area contributed by atoms with E-state index in [0.29, 0.717) is 0 Å². The van der Waals surface area contributed by atoms with Gasteiger partial charge >= 0.3 is 0 Å². The Labute approximate surface area is 90.5 Å². The van der Waals surface area contributed by atoms with E-state index in [1.54, 1.807) is 0 Å². The van der Waals surface area contributed by atoms with Crippen LogP contribution in [0.15, 0.2) is 6.07 Å². The van der Waals surface area contributed by atoms with Crippen LogP contribution in [-0.2, 0) is 11.2 Å². The van der Waals surface area contributed by atoms with Crippen molar-refractivity contribution < 1.29 is 4.79 Å². The first kappa shape index (κ1) is 10.2. The van der Waals surface area contributed by atoms with Crippen molar-refractivity contribution in [3.8, 4) is 0 Å². The highest BCUT2D eigenvalue weighted by atomic mass is 16.1. The standard InChI is InChI=1S/C13H17NO/c1-8-6-12-10(7-15)4-3-5-11(12)9(2)13(8)14/h6-7,10H,3-5,14H2,1-2H3. The molecular formula is C13H17NO. The molecular weight excluding hydrogens is 186 g/mol. The second-order valence-corrected chi connectivity index (χ2v) is 4.43. The van der Waals surface area contributed by atoms with Crippen LogP contribution >= 0.6 is 0 Å². The summed E-state index contributed by atoms with van der Waals surface area (Å²) in [6.07, 6.45) is 4.22. The van der Waals surface area contributed by atoms with Gasteiger partial charge in [-0.1, -0.05) is 6.07 Å². The number of nitrogen functional groups attached to an aromatic ring is 1. The molecule has 0 amide bonds. The first-order valence-electron chi connectivity index (χ1n) is 5.49. The fourth-order valence-corrected chi connectivity index (χ4v) is 2.53. The molecule has 0 aromatic heterocycles. The number of aryl methyl sites for hydroxylation is 1. The molecule has 2 nitrogen and oxygen atoms in total. The minimum atomic E-state index is 0.0896. The monoisotopic (exact) mass is 203 g/mol. The number of hydrogen-bond donors (Lipinski definition) is 1. The number of benzene rings is 1. The molecule has 1 aliphatic rings. The molecule has 2 N–H and O–H groups in total. The molecule has 0 spiro atoms. The molecule has 0 fully saturated rings. The van der Waals surface area contributed by atoms with Crippen molar-refractivity contribution in [3.63, 3.8) is 0 Å². The van der Waals surface area contributed by atoms with Crippen molar-refractivity contribution in [2.24, 2.45) is 0 Å². The van der Waals surface area contributed by atoms with Gasteiger partial charge in [-0.25, -0.2) is 0 Å². The number of nitrogens with two attached hydrogens (primary N) is 1. The maximum absolute atomic E-state index is 11.0. The van der Waals surface area contributed by atoms with Crippen LogP contribution in [0.4, 0.5) is 5.69 Å². The van der Waals surface area contributed by atoms with Gasteiger partial charge in [-0.05, 0) is 55.4 Å². The average Bonchev–Trinajstić information content (AvgIpc) is 2.25. The predicted octanol–water partition coefficient (Wildman–Crippen LogP) is 2.50. The smallest absolute Gasteiger partial charge is 0.127 e. The molecule has 80 valence electrons.